The maximum atomic E-state index is 5.59. The van der Waals surface area contributed by atoms with E-state index in [2.05, 4.69) is 11.9 Å². The van der Waals surface area contributed by atoms with Crippen molar-refractivity contribution in [2.45, 2.75) is 25.8 Å². The number of aliphatic imine (C=N–C) groups is 1. The third kappa shape index (κ3) is 0.732. The van der Waals surface area contributed by atoms with Gasteiger partial charge >= 0.3 is 0 Å². The predicted octanol–water partition coefficient (Wildman–Crippen LogP) is 0.772. The molecule has 0 amide bonds. The zero-order valence-corrected chi connectivity index (χ0v) is 5.67. The van der Waals surface area contributed by atoms with Crippen molar-refractivity contribution in [1.29, 1.82) is 0 Å². The molecule has 2 nitrogen and oxygen atoms in total. The summed E-state index contributed by atoms with van der Waals surface area (Å²) < 4.78 is 0. The molecule has 2 heteroatoms. The van der Waals surface area contributed by atoms with Crippen LogP contribution in [0.15, 0.2) is 4.99 Å². The summed E-state index contributed by atoms with van der Waals surface area (Å²) in [5, 5.41) is 0. The van der Waals surface area contributed by atoms with Crippen LogP contribution >= 0.6 is 0 Å². The summed E-state index contributed by atoms with van der Waals surface area (Å²) in [4.78, 5) is 4.30. The van der Waals surface area contributed by atoms with Crippen LogP contribution in [0.4, 0.5) is 0 Å². The van der Waals surface area contributed by atoms with Crippen LogP contribution in [0.25, 0.3) is 0 Å². The number of fused-ring (bicyclic) bond motifs is 1. The molecule has 0 aromatic carbocycles. The van der Waals surface area contributed by atoms with E-state index in [1.807, 2.05) is 0 Å². The maximum Gasteiger partial charge on any atom is 0.0943 e. The fourth-order valence-electron chi connectivity index (χ4n) is 1.71. The first-order chi connectivity index (χ1) is 4.27. The second kappa shape index (κ2) is 1.49. The van der Waals surface area contributed by atoms with Crippen molar-refractivity contribution in [3.05, 3.63) is 0 Å². The van der Waals surface area contributed by atoms with Gasteiger partial charge in [0.05, 0.1) is 11.9 Å². The molecule has 1 aliphatic carbocycles. The van der Waals surface area contributed by atoms with Crippen molar-refractivity contribution in [2.75, 3.05) is 0 Å². The van der Waals surface area contributed by atoms with Crippen molar-refractivity contribution in [2.24, 2.45) is 22.6 Å². The van der Waals surface area contributed by atoms with E-state index < -0.39 is 0 Å². The Morgan fingerprint density at radius 3 is 3.11 bits per heavy atom. The number of nitrogens with zero attached hydrogens (tertiary/aromatic N) is 1. The highest BCUT2D eigenvalue weighted by Crippen LogP contribution is 2.44. The largest absolute Gasteiger partial charge is 0.387 e. The summed E-state index contributed by atoms with van der Waals surface area (Å²) in [6, 6.07) is 0.619. The Bertz CT molecular complexity index is 162. The maximum absolute atomic E-state index is 5.59. The third-order valence-corrected chi connectivity index (χ3v) is 2.40. The molecule has 0 aromatic heterocycles. The average Bonchev–Trinajstić information content (AvgIpc) is 2.43. The predicted molar refractivity (Wildman–Crippen MR) is 37.3 cm³/mol. The van der Waals surface area contributed by atoms with E-state index in [1.165, 1.54) is 6.42 Å². The number of rotatable bonds is 0. The van der Waals surface area contributed by atoms with Gasteiger partial charge in [-0.05, 0) is 18.3 Å². The van der Waals surface area contributed by atoms with Crippen molar-refractivity contribution in [3.63, 3.8) is 0 Å². The molecule has 2 rings (SSSR count). The molecule has 0 bridgehead atoms. The molecule has 9 heavy (non-hydrogen) atoms. The Morgan fingerprint density at radius 2 is 2.44 bits per heavy atom. The molecule has 0 aromatic rings. The van der Waals surface area contributed by atoms with Gasteiger partial charge in [-0.2, -0.15) is 0 Å². The quantitative estimate of drug-likeness (QED) is 0.509. The third-order valence-electron chi connectivity index (χ3n) is 2.40. The molecular weight excluding hydrogens is 112 g/mol. The van der Waals surface area contributed by atoms with Crippen LogP contribution < -0.4 is 5.73 Å². The van der Waals surface area contributed by atoms with Gasteiger partial charge in [-0.15, -0.1) is 0 Å². The summed E-state index contributed by atoms with van der Waals surface area (Å²) >= 11 is 0. The van der Waals surface area contributed by atoms with Crippen LogP contribution in [-0.2, 0) is 0 Å². The first-order valence-electron chi connectivity index (χ1n) is 3.59. The molecule has 0 spiro atoms. The van der Waals surface area contributed by atoms with Crippen molar-refractivity contribution >= 4 is 5.84 Å². The number of nitrogens with two attached hydrogens (primary N) is 1. The fraction of sp³-hybridized carbons (Fsp3) is 0.857. The SMILES string of the molecule is C[C@H]1CC(N)=N[C@@H]2C[C@H]12. The van der Waals surface area contributed by atoms with Crippen LogP contribution in [0.3, 0.4) is 0 Å². The Hall–Kier alpha value is -0.530. The Labute approximate surface area is 55.2 Å². The molecule has 1 saturated carbocycles. The second-order valence-corrected chi connectivity index (χ2v) is 3.27. The molecule has 0 radical (unpaired) electrons. The lowest BCUT2D eigenvalue weighted by Gasteiger charge is -2.13. The molecule has 1 aliphatic heterocycles. The zero-order valence-electron chi connectivity index (χ0n) is 5.67. The Morgan fingerprint density at radius 1 is 1.67 bits per heavy atom. The van der Waals surface area contributed by atoms with Crippen LogP contribution in [0.5, 0.6) is 0 Å². The highest BCUT2D eigenvalue weighted by atomic mass is 15.0. The van der Waals surface area contributed by atoms with Gasteiger partial charge in [0, 0.05) is 6.42 Å². The highest BCUT2D eigenvalue weighted by Gasteiger charge is 2.43. The number of hydrogen-bond acceptors (Lipinski definition) is 2. The molecule has 1 heterocycles. The Kier molecular flexibility index (Phi) is 0.875. The average molecular weight is 124 g/mol. The summed E-state index contributed by atoms with van der Waals surface area (Å²) in [6.45, 7) is 2.27. The fourth-order valence-corrected chi connectivity index (χ4v) is 1.71. The van der Waals surface area contributed by atoms with Crippen LogP contribution in [0.2, 0.25) is 0 Å². The van der Waals surface area contributed by atoms with Gasteiger partial charge in [0.1, 0.15) is 0 Å². The van der Waals surface area contributed by atoms with Crippen molar-refractivity contribution in [1.82, 2.24) is 0 Å². The minimum Gasteiger partial charge on any atom is -0.387 e. The molecule has 0 unspecified atom stereocenters. The zero-order chi connectivity index (χ0) is 6.43. The normalized spacial score (nSPS) is 47.7. The summed E-state index contributed by atoms with van der Waals surface area (Å²) in [7, 11) is 0. The Balaban J connectivity index is 2.16. The summed E-state index contributed by atoms with van der Waals surface area (Å²) in [5.41, 5.74) is 5.59. The van der Waals surface area contributed by atoms with E-state index >= 15 is 0 Å². The monoisotopic (exact) mass is 124 g/mol. The highest BCUT2D eigenvalue weighted by molar-refractivity contribution is 5.81. The van der Waals surface area contributed by atoms with Crippen molar-refractivity contribution in [3.8, 4) is 0 Å². The smallest absolute Gasteiger partial charge is 0.0943 e. The molecule has 0 saturated heterocycles. The van der Waals surface area contributed by atoms with E-state index in [1.54, 1.807) is 0 Å². The van der Waals surface area contributed by atoms with Gasteiger partial charge in [0.15, 0.2) is 0 Å². The van der Waals surface area contributed by atoms with Gasteiger partial charge in [0.2, 0.25) is 0 Å². The lowest BCUT2D eigenvalue weighted by atomic mass is 9.99. The van der Waals surface area contributed by atoms with E-state index in [4.69, 9.17) is 5.73 Å². The molecule has 1 fully saturated rings. The first-order valence-corrected chi connectivity index (χ1v) is 3.59. The molecule has 3 atom stereocenters. The number of amidine groups is 1. The molecule has 2 N–H and O–H groups in total. The van der Waals surface area contributed by atoms with Crippen LogP contribution in [0, 0.1) is 11.8 Å². The lowest BCUT2D eigenvalue weighted by molar-refractivity contribution is 0.498. The minimum absolute atomic E-state index is 0.619. The van der Waals surface area contributed by atoms with Crippen molar-refractivity contribution < 1.29 is 0 Å². The van der Waals surface area contributed by atoms with Crippen LogP contribution in [0.1, 0.15) is 19.8 Å². The second-order valence-electron chi connectivity index (χ2n) is 3.27. The van der Waals surface area contributed by atoms with E-state index in [9.17, 15) is 0 Å². The molecular formula is C7H12N2. The van der Waals surface area contributed by atoms with E-state index in [0.29, 0.717) is 6.04 Å². The van der Waals surface area contributed by atoms with Crippen LogP contribution in [-0.4, -0.2) is 11.9 Å². The van der Waals surface area contributed by atoms with Gasteiger partial charge in [0.25, 0.3) is 0 Å². The summed E-state index contributed by atoms with van der Waals surface area (Å²) in [6.07, 6.45) is 2.32. The summed E-state index contributed by atoms with van der Waals surface area (Å²) in [5.74, 6) is 2.56. The van der Waals surface area contributed by atoms with Gasteiger partial charge in [-0.3, -0.25) is 4.99 Å². The van der Waals surface area contributed by atoms with Gasteiger partial charge < -0.3 is 5.73 Å². The standard InChI is InChI=1S/C7H12N2/c1-4-2-7(8)9-6-3-5(4)6/h4-6H,2-3H2,1H3,(H2,8,9)/t4-,5+,6+/m0/s1. The van der Waals surface area contributed by atoms with E-state index in [0.717, 1.165) is 24.1 Å². The molecule has 50 valence electrons. The minimum atomic E-state index is 0.619. The number of hydrogen-bond donors (Lipinski definition) is 1. The van der Waals surface area contributed by atoms with E-state index in [-0.39, 0.29) is 0 Å². The first kappa shape index (κ1) is 5.27. The topological polar surface area (TPSA) is 38.4 Å². The van der Waals surface area contributed by atoms with Gasteiger partial charge in [-0.1, -0.05) is 6.92 Å². The van der Waals surface area contributed by atoms with Gasteiger partial charge in [-0.25, -0.2) is 0 Å². The lowest BCUT2D eigenvalue weighted by Crippen LogP contribution is -2.22. The molecule has 2 aliphatic rings.